The SMILES string of the molecule is CC(C)N1CCCC(CC(C)N2CCCC2)C1. The summed E-state index contributed by atoms with van der Waals surface area (Å²) in [5.41, 5.74) is 0. The average Bonchev–Trinajstić information content (AvgIpc) is 2.82. The summed E-state index contributed by atoms with van der Waals surface area (Å²) in [6, 6.07) is 1.55. The second-order valence-electron chi connectivity index (χ2n) is 6.42. The Morgan fingerprint density at radius 1 is 0.941 bits per heavy atom. The van der Waals surface area contributed by atoms with Crippen LogP contribution in [0.3, 0.4) is 0 Å². The van der Waals surface area contributed by atoms with Gasteiger partial charge in [0.05, 0.1) is 0 Å². The van der Waals surface area contributed by atoms with Gasteiger partial charge in [0, 0.05) is 18.6 Å². The third-order valence-electron chi connectivity index (χ3n) is 4.72. The molecule has 2 aliphatic rings. The Kier molecular flexibility index (Phi) is 4.87. The van der Waals surface area contributed by atoms with Crippen LogP contribution < -0.4 is 0 Å². The molecule has 0 aromatic heterocycles. The van der Waals surface area contributed by atoms with E-state index in [1.807, 2.05) is 0 Å². The van der Waals surface area contributed by atoms with Crippen LogP contribution in [0, 0.1) is 5.92 Å². The van der Waals surface area contributed by atoms with Crippen LogP contribution in [-0.2, 0) is 0 Å². The van der Waals surface area contributed by atoms with Crippen molar-refractivity contribution in [3.05, 3.63) is 0 Å². The summed E-state index contributed by atoms with van der Waals surface area (Å²) in [5.74, 6) is 0.946. The zero-order valence-corrected chi connectivity index (χ0v) is 12.0. The highest BCUT2D eigenvalue weighted by Crippen LogP contribution is 2.25. The topological polar surface area (TPSA) is 6.48 Å². The summed E-state index contributed by atoms with van der Waals surface area (Å²) in [4.78, 5) is 5.37. The van der Waals surface area contributed by atoms with Gasteiger partial charge in [-0.1, -0.05) is 0 Å². The van der Waals surface area contributed by atoms with Crippen molar-refractivity contribution in [3.63, 3.8) is 0 Å². The van der Waals surface area contributed by atoms with Gasteiger partial charge in [0.1, 0.15) is 0 Å². The summed E-state index contributed by atoms with van der Waals surface area (Å²) in [5, 5.41) is 0. The largest absolute Gasteiger partial charge is 0.301 e. The number of likely N-dealkylation sites (tertiary alicyclic amines) is 2. The van der Waals surface area contributed by atoms with Crippen molar-refractivity contribution in [2.75, 3.05) is 26.2 Å². The van der Waals surface area contributed by atoms with E-state index in [9.17, 15) is 0 Å². The van der Waals surface area contributed by atoms with Crippen molar-refractivity contribution in [1.29, 1.82) is 0 Å². The molecule has 2 rings (SSSR count). The molecule has 2 saturated heterocycles. The maximum absolute atomic E-state index is 2.70. The van der Waals surface area contributed by atoms with Crippen molar-refractivity contribution in [2.45, 2.75) is 65.0 Å². The molecule has 0 saturated carbocycles. The molecule has 2 heteroatoms. The molecule has 0 N–H and O–H groups in total. The molecule has 0 aromatic rings. The first-order valence-corrected chi connectivity index (χ1v) is 7.65. The van der Waals surface area contributed by atoms with E-state index in [1.54, 1.807) is 0 Å². The van der Waals surface area contributed by atoms with E-state index >= 15 is 0 Å². The van der Waals surface area contributed by atoms with Gasteiger partial charge >= 0.3 is 0 Å². The van der Waals surface area contributed by atoms with Crippen molar-refractivity contribution in [1.82, 2.24) is 9.80 Å². The fourth-order valence-corrected chi connectivity index (χ4v) is 3.57. The number of nitrogens with zero attached hydrogens (tertiary/aromatic N) is 2. The molecule has 0 aliphatic carbocycles. The number of hydrogen-bond acceptors (Lipinski definition) is 2. The van der Waals surface area contributed by atoms with Crippen LogP contribution in [0.5, 0.6) is 0 Å². The minimum absolute atomic E-state index is 0.736. The molecule has 2 unspecified atom stereocenters. The lowest BCUT2D eigenvalue weighted by atomic mass is 9.91. The van der Waals surface area contributed by atoms with Crippen LogP contribution in [-0.4, -0.2) is 48.1 Å². The van der Waals surface area contributed by atoms with Crippen LogP contribution in [0.1, 0.15) is 52.9 Å². The van der Waals surface area contributed by atoms with E-state index in [-0.39, 0.29) is 0 Å². The Morgan fingerprint density at radius 2 is 1.59 bits per heavy atom. The van der Waals surface area contributed by atoms with Gasteiger partial charge in [-0.3, -0.25) is 0 Å². The normalized spacial score (nSPS) is 30.0. The molecule has 0 radical (unpaired) electrons. The summed E-state index contributed by atoms with van der Waals surface area (Å²) in [6.45, 7) is 12.5. The molecule has 0 aromatic carbocycles. The Balaban J connectivity index is 1.77. The average molecular weight is 238 g/mol. The fraction of sp³-hybridized carbons (Fsp3) is 1.00. The Hall–Kier alpha value is -0.0800. The lowest BCUT2D eigenvalue weighted by Crippen LogP contribution is -2.42. The second-order valence-corrected chi connectivity index (χ2v) is 6.42. The molecule has 2 aliphatic heterocycles. The second kappa shape index (κ2) is 6.19. The van der Waals surface area contributed by atoms with Crippen molar-refractivity contribution >= 4 is 0 Å². The van der Waals surface area contributed by atoms with Gasteiger partial charge in [-0.05, 0) is 78.4 Å². The van der Waals surface area contributed by atoms with Crippen molar-refractivity contribution in [2.24, 2.45) is 5.92 Å². The lowest BCUT2D eigenvalue weighted by Gasteiger charge is -2.37. The summed E-state index contributed by atoms with van der Waals surface area (Å²) < 4.78 is 0. The zero-order chi connectivity index (χ0) is 12.3. The Labute approximate surface area is 107 Å². The lowest BCUT2D eigenvalue weighted by molar-refractivity contribution is 0.114. The van der Waals surface area contributed by atoms with E-state index in [1.165, 1.54) is 58.3 Å². The molecule has 100 valence electrons. The number of hydrogen-bond donors (Lipinski definition) is 0. The van der Waals surface area contributed by atoms with E-state index in [2.05, 4.69) is 30.6 Å². The maximum Gasteiger partial charge on any atom is 0.00700 e. The van der Waals surface area contributed by atoms with E-state index in [0.29, 0.717) is 0 Å². The summed E-state index contributed by atoms with van der Waals surface area (Å²) in [7, 11) is 0. The zero-order valence-electron chi connectivity index (χ0n) is 12.0. The molecule has 0 bridgehead atoms. The highest BCUT2D eigenvalue weighted by atomic mass is 15.2. The molecular weight excluding hydrogens is 208 g/mol. The standard InChI is InChI=1S/C15H30N2/c1-13(2)17-10-6-7-15(12-17)11-14(3)16-8-4-5-9-16/h13-15H,4-12H2,1-3H3. The van der Waals surface area contributed by atoms with Gasteiger partial charge in [-0.15, -0.1) is 0 Å². The van der Waals surface area contributed by atoms with Gasteiger partial charge in [-0.2, -0.15) is 0 Å². The van der Waals surface area contributed by atoms with Gasteiger partial charge in [-0.25, -0.2) is 0 Å². The van der Waals surface area contributed by atoms with Crippen LogP contribution in [0.15, 0.2) is 0 Å². The highest BCUT2D eigenvalue weighted by molar-refractivity contribution is 4.80. The summed E-state index contributed by atoms with van der Waals surface area (Å²) in [6.07, 6.45) is 7.14. The minimum Gasteiger partial charge on any atom is -0.301 e. The predicted octanol–water partition coefficient (Wildman–Crippen LogP) is 2.98. The summed E-state index contributed by atoms with van der Waals surface area (Å²) >= 11 is 0. The molecular formula is C15H30N2. The van der Waals surface area contributed by atoms with Gasteiger partial charge < -0.3 is 9.80 Å². The molecule has 2 heterocycles. The molecule has 2 fully saturated rings. The minimum atomic E-state index is 0.736. The third-order valence-corrected chi connectivity index (χ3v) is 4.72. The molecule has 2 nitrogen and oxygen atoms in total. The predicted molar refractivity (Wildman–Crippen MR) is 74.3 cm³/mol. The van der Waals surface area contributed by atoms with E-state index in [4.69, 9.17) is 0 Å². The van der Waals surface area contributed by atoms with E-state index in [0.717, 1.165) is 18.0 Å². The van der Waals surface area contributed by atoms with Crippen LogP contribution in [0.2, 0.25) is 0 Å². The molecule has 17 heavy (non-hydrogen) atoms. The first kappa shape index (κ1) is 13.4. The smallest absolute Gasteiger partial charge is 0.00700 e. The van der Waals surface area contributed by atoms with Gasteiger partial charge in [0.25, 0.3) is 0 Å². The van der Waals surface area contributed by atoms with Gasteiger partial charge in [0.2, 0.25) is 0 Å². The van der Waals surface area contributed by atoms with Gasteiger partial charge in [0.15, 0.2) is 0 Å². The Morgan fingerprint density at radius 3 is 2.24 bits per heavy atom. The van der Waals surface area contributed by atoms with Crippen molar-refractivity contribution < 1.29 is 0 Å². The quantitative estimate of drug-likeness (QED) is 0.743. The molecule has 2 atom stereocenters. The first-order valence-electron chi connectivity index (χ1n) is 7.65. The Bertz CT molecular complexity index is 221. The fourth-order valence-electron chi connectivity index (χ4n) is 3.57. The van der Waals surface area contributed by atoms with Crippen LogP contribution >= 0.6 is 0 Å². The number of rotatable bonds is 4. The van der Waals surface area contributed by atoms with Crippen LogP contribution in [0.25, 0.3) is 0 Å². The maximum atomic E-state index is 2.70. The first-order chi connectivity index (χ1) is 8.16. The van der Waals surface area contributed by atoms with Crippen molar-refractivity contribution in [3.8, 4) is 0 Å². The molecule has 0 spiro atoms. The monoisotopic (exact) mass is 238 g/mol. The third kappa shape index (κ3) is 3.69. The highest BCUT2D eigenvalue weighted by Gasteiger charge is 2.26. The van der Waals surface area contributed by atoms with E-state index < -0.39 is 0 Å². The van der Waals surface area contributed by atoms with Crippen LogP contribution in [0.4, 0.5) is 0 Å². The number of piperidine rings is 1. The molecule has 0 amide bonds.